The number of rotatable bonds is 2. The molecule has 0 bridgehead atoms. The number of nitrogens with zero attached hydrogens (tertiary/aromatic N) is 2. The molecule has 1 aromatic heterocycles. The van der Waals surface area contributed by atoms with Gasteiger partial charge in [-0.1, -0.05) is 18.2 Å². The number of aliphatic hydroxyl groups excluding tert-OH is 1. The molecule has 20 heavy (non-hydrogen) atoms. The highest BCUT2D eigenvalue weighted by molar-refractivity contribution is 5.98. The van der Waals surface area contributed by atoms with E-state index in [1.165, 1.54) is 0 Å². The number of aryl methyl sites for hydroxylation is 1. The number of carbonyl (C=O) groups is 1. The smallest absolute Gasteiger partial charge is 0.270 e. The maximum atomic E-state index is 12.7. The molecule has 0 radical (unpaired) electrons. The van der Waals surface area contributed by atoms with Gasteiger partial charge < -0.3 is 14.6 Å². The topological polar surface area (TPSA) is 45.5 Å². The van der Waals surface area contributed by atoms with Crippen LogP contribution in [0.1, 0.15) is 23.3 Å². The van der Waals surface area contributed by atoms with E-state index in [1.54, 1.807) is 0 Å². The molecule has 0 aliphatic carbocycles. The van der Waals surface area contributed by atoms with Crippen molar-refractivity contribution in [3.8, 4) is 0 Å². The fourth-order valence-corrected chi connectivity index (χ4v) is 3.05. The van der Waals surface area contributed by atoms with Crippen molar-refractivity contribution < 1.29 is 9.90 Å². The fraction of sp³-hybridized carbons (Fsp3) is 0.438. The summed E-state index contributed by atoms with van der Waals surface area (Å²) in [4.78, 5) is 14.5. The largest absolute Gasteiger partial charge is 0.396 e. The molecule has 1 aliphatic heterocycles. The summed E-state index contributed by atoms with van der Waals surface area (Å²) in [6.07, 6.45) is 1.98. The lowest BCUT2D eigenvalue weighted by Gasteiger charge is -2.31. The number of para-hydroxylation sites is 1. The second kappa shape index (κ2) is 5.29. The molecule has 4 nitrogen and oxygen atoms in total. The molecule has 1 aliphatic rings. The number of fused-ring (bicyclic) bond motifs is 1. The maximum absolute atomic E-state index is 12.7. The van der Waals surface area contributed by atoms with Gasteiger partial charge in [-0.15, -0.1) is 0 Å². The van der Waals surface area contributed by atoms with E-state index < -0.39 is 0 Å². The predicted molar refractivity (Wildman–Crippen MR) is 78.6 cm³/mol. The molecule has 2 aromatic rings. The van der Waals surface area contributed by atoms with Gasteiger partial charge in [0.15, 0.2) is 0 Å². The minimum atomic E-state index is 0.0712. The third kappa shape index (κ3) is 2.20. The van der Waals surface area contributed by atoms with Gasteiger partial charge in [-0.3, -0.25) is 4.79 Å². The van der Waals surface area contributed by atoms with Crippen molar-refractivity contribution in [3.05, 3.63) is 36.0 Å². The quantitative estimate of drug-likeness (QED) is 0.909. The molecule has 1 N–H and O–H groups in total. The van der Waals surface area contributed by atoms with E-state index in [0.717, 1.165) is 36.0 Å². The molecule has 4 heteroatoms. The Morgan fingerprint density at radius 2 is 2.20 bits per heavy atom. The normalized spacial score (nSPS) is 19.5. The van der Waals surface area contributed by atoms with Crippen molar-refractivity contribution in [1.82, 2.24) is 9.47 Å². The van der Waals surface area contributed by atoms with Crippen LogP contribution >= 0.6 is 0 Å². The second-order valence-corrected chi connectivity index (χ2v) is 5.59. The lowest BCUT2D eigenvalue weighted by molar-refractivity contribution is 0.0612. The number of aliphatic hydroxyl groups is 1. The van der Waals surface area contributed by atoms with Crippen LogP contribution < -0.4 is 0 Å². The summed E-state index contributed by atoms with van der Waals surface area (Å²) in [6.45, 7) is 1.62. The Balaban J connectivity index is 1.90. The third-order valence-corrected chi connectivity index (χ3v) is 4.24. The maximum Gasteiger partial charge on any atom is 0.270 e. The summed E-state index contributed by atoms with van der Waals surface area (Å²) in [5.41, 5.74) is 1.80. The molecule has 106 valence electrons. The summed E-state index contributed by atoms with van der Waals surface area (Å²) in [5.74, 6) is 0.296. The molecule has 1 amide bonds. The van der Waals surface area contributed by atoms with Crippen LogP contribution in [0.3, 0.4) is 0 Å². The molecule has 1 saturated heterocycles. The highest BCUT2D eigenvalue weighted by Crippen LogP contribution is 2.22. The van der Waals surface area contributed by atoms with Gasteiger partial charge in [0, 0.05) is 37.6 Å². The van der Waals surface area contributed by atoms with Crippen molar-refractivity contribution in [1.29, 1.82) is 0 Å². The average Bonchev–Trinajstić information content (AvgIpc) is 2.84. The average molecular weight is 272 g/mol. The van der Waals surface area contributed by atoms with Crippen LogP contribution in [0.5, 0.6) is 0 Å². The van der Waals surface area contributed by atoms with E-state index in [0.29, 0.717) is 6.54 Å². The highest BCUT2D eigenvalue weighted by Gasteiger charge is 2.25. The highest BCUT2D eigenvalue weighted by atomic mass is 16.3. The van der Waals surface area contributed by atoms with Gasteiger partial charge in [-0.05, 0) is 30.9 Å². The zero-order chi connectivity index (χ0) is 14.1. The minimum Gasteiger partial charge on any atom is -0.396 e. The Bertz CT molecular complexity index is 632. The van der Waals surface area contributed by atoms with Gasteiger partial charge in [0.25, 0.3) is 5.91 Å². The van der Waals surface area contributed by atoms with Crippen LogP contribution in [0.4, 0.5) is 0 Å². The van der Waals surface area contributed by atoms with Gasteiger partial charge in [-0.25, -0.2) is 0 Å². The Kier molecular flexibility index (Phi) is 3.49. The molecule has 2 heterocycles. The fourth-order valence-electron chi connectivity index (χ4n) is 3.05. The zero-order valence-electron chi connectivity index (χ0n) is 11.7. The number of likely N-dealkylation sites (tertiary alicyclic amines) is 1. The summed E-state index contributed by atoms with van der Waals surface area (Å²) in [7, 11) is 1.93. The molecule has 1 aromatic carbocycles. The first kappa shape index (κ1) is 13.2. The van der Waals surface area contributed by atoms with E-state index >= 15 is 0 Å². The number of carbonyl (C=O) groups excluding carboxylic acids is 1. The first-order chi connectivity index (χ1) is 9.70. The second-order valence-electron chi connectivity index (χ2n) is 5.59. The van der Waals surface area contributed by atoms with Gasteiger partial charge in [0.05, 0.1) is 0 Å². The van der Waals surface area contributed by atoms with E-state index in [1.807, 2.05) is 46.8 Å². The minimum absolute atomic E-state index is 0.0712. The summed E-state index contributed by atoms with van der Waals surface area (Å²) < 4.78 is 1.96. The van der Waals surface area contributed by atoms with Crippen LogP contribution in [-0.2, 0) is 7.05 Å². The number of piperidine rings is 1. The third-order valence-electron chi connectivity index (χ3n) is 4.24. The number of amides is 1. The SMILES string of the molecule is Cn1c(C(=O)N2CCCC(CO)C2)cc2ccccc21. The standard InChI is InChI=1S/C16H20N2O2/c1-17-14-7-3-2-6-13(14)9-15(17)16(20)18-8-4-5-12(10-18)11-19/h2-3,6-7,9,12,19H,4-5,8,10-11H2,1H3. The summed E-state index contributed by atoms with van der Waals surface area (Å²) >= 11 is 0. The number of aromatic nitrogens is 1. The van der Waals surface area contributed by atoms with E-state index in [-0.39, 0.29) is 18.4 Å². The molecule has 0 spiro atoms. The molecule has 1 fully saturated rings. The van der Waals surface area contributed by atoms with Crippen molar-refractivity contribution in [2.75, 3.05) is 19.7 Å². The van der Waals surface area contributed by atoms with E-state index in [2.05, 4.69) is 0 Å². The van der Waals surface area contributed by atoms with Crippen molar-refractivity contribution in [3.63, 3.8) is 0 Å². The Morgan fingerprint density at radius 1 is 1.40 bits per heavy atom. The van der Waals surface area contributed by atoms with Crippen LogP contribution in [0, 0.1) is 5.92 Å². The van der Waals surface area contributed by atoms with Crippen molar-refractivity contribution in [2.24, 2.45) is 13.0 Å². The van der Waals surface area contributed by atoms with Gasteiger partial charge in [0.1, 0.15) is 5.69 Å². The zero-order valence-corrected chi connectivity index (χ0v) is 11.7. The molecular weight excluding hydrogens is 252 g/mol. The Morgan fingerprint density at radius 3 is 2.95 bits per heavy atom. The predicted octanol–water partition coefficient (Wildman–Crippen LogP) is 2.02. The van der Waals surface area contributed by atoms with Gasteiger partial charge in [-0.2, -0.15) is 0 Å². The van der Waals surface area contributed by atoms with Crippen LogP contribution in [0.2, 0.25) is 0 Å². The summed E-state index contributed by atoms with van der Waals surface area (Å²) in [6, 6.07) is 9.98. The molecular formula is C16H20N2O2. The van der Waals surface area contributed by atoms with Crippen molar-refractivity contribution in [2.45, 2.75) is 12.8 Å². The van der Waals surface area contributed by atoms with Crippen LogP contribution in [0.25, 0.3) is 10.9 Å². The molecule has 3 rings (SSSR count). The van der Waals surface area contributed by atoms with Crippen LogP contribution in [-0.4, -0.2) is 40.2 Å². The van der Waals surface area contributed by atoms with Crippen molar-refractivity contribution >= 4 is 16.8 Å². The number of hydrogen-bond donors (Lipinski definition) is 1. The molecule has 1 unspecified atom stereocenters. The number of benzene rings is 1. The van der Waals surface area contributed by atoms with E-state index in [4.69, 9.17) is 0 Å². The summed E-state index contributed by atoms with van der Waals surface area (Å²) in [5, 5.41) is 10.4. The van der Waals surface area contributed by atoms with Gasteiger partial charge >= 0.3 is 0 Å². The number of hydrogen-bond acceptors (Lipinski definition) is 2. The van der Waals surface area contributed by atoms with Crippen LogP contribution in [0.15, 0.2) is 30.3 Å². The molecule has 0 saturated carbocycles. The first-order valence-corrected chi connectivity index (χ1v) is 7.15. The lowest BCUT2D eigenvalue weighted by atomic mass is 9.99. The Hall–Kier alpha value is -1.81. The Labute approximate surface area is 118 Å². The monoisotopic (exact) mass is 272 g/mol. The van der Waals surface area contributed by atoms with E-state index in [9.17, 15) is 9.90 Å². The lowest BCUT2D eigenvalue weighted by Crippen LogP contribution is -2.41. The molecule has 1 atom stereocenters. The van der Waals surface area contributed by atoms with Gasteiger partial charge in [0.2, 0.25) is 0 Å². The first-order valence-electron chi connectivity index (χ1n) is 7.15.